The van der Waals surface area contributed by atoms with E-state index in [2.05, 4.69) is 21.2 Å². The number of benzene rings is 1. The Morgan fingerprint density at radius 2 is 1.91 bits per heavy atom. The molecular formula is C13H11BrF3NO4. The van der Waals surface area contributed by atoms with Crippen LogP contribution in [0.25, 0.3) is 0 Å². The third-order valence-corrected chi connectivity index (χ3v) is 3.82. The number of carboxylic acid groups (broad SMARTS) is 1. The Morgan fingerprint density at radius 3 is 2.45 bits per heavy atom. The molecule has 2 rings (SSSR count). The van der Waals surface area contributed by atoms with Gasteiger partial charge in [0.2, 0.25) is 0 Å². The van der Waals surface area contributed by atoms with Crippen LogP contribution in [0.1, 0.15) is 18.4 Å². The molecule has 0 bridgehead atoms. The van der Waals surface area contributed by atoms with Gasteiger partial charge in [0, 0.05) is 10.2 Å². The molecule has 2 N–H and O–H groups in total. The number of amides is 1. The third-order valence-electron chi connectivity index (χ3n) is 3.13. The number of carbonyl (C=O) groups is 2. The minimum atomic E-state index is -4.56. The number of alkyl halides is 3. The molecule has 0 radical (unpaired) electrons. The molecule has 1 heterocycles. The highest BCUT2D eigenvalue weighted by atomic mass is 79.9. The van der Waals surface area contributed by atoms with Crippen molar-refractivity contribution in [1.82, 2.24) is 0 Å². The zero-order chi connectivity index (χ0) is 16.5. The number of anilines is 1. The van der Waals surface area contributed by atoms with E-state index in [0.29, 0.717) is 0 Å². The maximum absolute atomic E-state index is 12.8. The van der Waals surface area contributed by atoms with Gasteiger partial charge in [-0.1, -0.05) is 15.9 Å². The zero-order valence-corrected chi connectivity index (χ0v) is 12.6. The molecule has 5 nitrogen and oxygen atoms in total. The summed E-state index contributed by atoms with van der Waals surface area (Å²) in [5.74, 6) is -1.84. The SMILES string of the molecule is O=C(Nc1ccc(Br)c(C(F)(F)F)c1)[C@@H]1CC[C@H](C(=O)O)O1. The van der Waals surface area contributed by atoms with E-state index < -0.39 is 35.8 Å². The predicted octanol–water partition coefficient (Wildman–Crippen LogP) is 3.04. The van der Waals surface area contributed by atoms with Crippen molar-refractivity contribution in [3.8, 4) is 0 Å². The van der Waals surface area contributed by atoms with Crippen molar-refractivity contribution in [2.24, 2.45) is 0 Å². The fraction of sp³-hybridized carbons (Fsp3) is 0.385. The lowest BCUT2D eigenvalue weighted by molar-refractivity contribution is -0.151. The summed E-state index contributed by atoms with van der Waals surface area (Å²) in [7, 11) is 0. The Bertz CT molecular complexity index is 605. The minimum absolute atomic E-state index is 0.0390. The van der Waals surface area contributed by atoms with Gasteiger partial charge in [0.15, 0.2) is 6.10 Å². The smallest absolute Gasteiger partial charge is 0.417 e. The summed E-state index contributed by atoms with van der Waals surface area (Å²) in [6.45, 7) is 0. The topological polar surface area (TPSA) is 75.6 Å². The average molecular weight is 382 g/mol. The molecule has 22 heavy (non-hydrogen) atoms. The Hall–Kier alpha value is -1.61. The standard InChI is InChI=1S/C13H11BrF3NO4/c14-8-2-1-6(5-7(8)13(15,16)17)18-11(19)9-3-4-10(22-9)12(20)21/h1-2,5,9-10H,3-4H2,(H,18,19)(H,20,21)/t9-,10+/m0/s1. The summed E-state index contributed by atoms with van der Waals surface area (Å²) >= 11 is 2.80. The predicted molar refractivity (Wildman–Crippen MR) is 73.3 cm³/mol. The molecule has 0 aromatic heterocycles. The maximum atomic E-state index is 12.8. The van der Waals surface area contributed by atoms with Crippen LogP contribution >= 0.6 is 15.9 Å². The first kappa shape index (κ1) is 16.8. The average Bonchev–Trinajstić information content (AvgIpc) is 2.89. The van der Waals surface area contributed by atoms with Gasteiger partial charge in [-0.3, -0.25) is 4.79 Å². The molecule has 1 aromatic rings. The second kappa shape index (κ2) is 6.25. The van der Waals surface area contributed by atoms with Crippen molar-refractivity contribution in [2.45, 2.75) is 31.2 Å². The molecule has 0 aliphatic carbocycles. The Kier molecular flexibility index (Phi) is 4.76. The summed E-state index contributed by atoms with van der Waals surface area (Å²) < 4.78 is 43.2. The molecule has 1 fully saturated rings. The van der Waals surface area contributed by atoms with E-state index in [1.807, 2.05) is 0 Å². The van der Waals surface area contributed by atoms with Crippen LogP contribution in [0.5, 0.6) is 0 Å². The molecule has 2 atom stereocenters. The number of hydrogen-bond acceptors (Lipinski definition) is 3. The fourth-order valence-corrected chi connectivity index (χ4v) is 2.53. The Labute approximate surface area is 131 Å². The zero-order valence-electron chi connectivity index (χ0n) is 11.0. The lowest BCUT2D eigenvalue weighted by atomic mass is 10.1. The number of carbonyl (C=O) groups excluding carboxylic acids is 1. The van der Waals surface area contributed by atoms with E-state index in [9.17, 15) is 22.8 Å². The van der Waals surface area contributed by atoms with Crippen LogP contribution < -0.4 is 5.32 Å². The molecule has 9 heteroatoms. The number of hydrogen-bond donors (Lipinski definition) is 2. The van der Waals surface area contributed by atoms with Gasteiger partial charge in [-0.05, 0) is 31.0 Å². The summed E-state index contributed by atoms with van der Waals surface area (Å²) in [4.78, 5) is 22.6. The van der Waals surface area contributed by atoms with E-state index in [1.54, 1.807) is 0 Å². The van der Waals surface area contributed by atoms with Gasteiger partial charge in [0.05, 0.1) is 5.56 Å². The molecule has 1 aliphatic rings. The number of aliphatic carboxylic acids is 1. The van der Waals surface area contributed by atoms with Gasteiger partial charge in [0.1, 0.15) is 6.10 Å². The van der Waals surface area contributed by atoms with Gasteiger partial charge in [0.25, 0.3) is 5.91 Å². The lowest BCUT2D eigenvalue weighted by Gasteiger charge is -2.14. The van der Waals surface area contributed by atoms with Crippen LogP contribution in [0.2, 0.25) is 0 Å². The number of nitrogens with one attached hydrogen (secondary N) is 1. The van der Waals surface area contributed by atoms with E-state index in [-0.39, 0.29) is 23.0 Å². The molecule has 0 spiro atoms. The van der Waals surface area contributed by atoms with E-state index in [0.717, 1.165) is 6.07 Å². The second-order valence-electron chi connectivity index (χ2n) is 4.71. The quantitative estimate of drug-likeness (QED) is 0.843. The lowest BCUT2D eigenvalue weighted by Crippen LogP contribution is -2.30. The Morgan fingerprint density at radius 1 is 1.27 bits per heavy atom. The molecule has 1 saturated heterocycles. The van der Waals surface area contributed by atoms with Crippen LogP contribution in [0.4, 0.5) is 18.9 Å². The highest BCUT2D eigenvalue weighted by Gasteiger charge is 2.36. The second-order valence-corrected chi connectivity index (χ2v) is 5.56. The number of halogens is 4. The monoisotopic (exact) mass is 381 g/mol. The summed E-state index contributed by atoms with van der Waals surface area (Å²) in [5, 5.41) is 11.1. The first-order chi connectivity index (χ1) is 10.2. The maximum Gasteiger partial charge on any atom is 0.417 e. The van der Waals surface area contributed by atoms with Crippen molar-refractivity contribution in [3.63, 3.8) is 0 Å². The molecular weight excluding hydrogens is 371 g/mol. The third kappa shape index (κ3) is 3.77. The number of carboxylic acids is 1. The van der Waals surface area contributed by atoms with Crippen molar-refractivity contribution in [2.75, 3.05) is 5.32 Å². The number of rotatable bonds is 3. The molecule has 0 saturated carbocycles. The summed E-state index contributed by atoms with van der Waals surface area (Å²) in [5.41, 5.74) is -0.955. The number of ether oxygens (including phenoxy) is 1. The minimum Gasteiger partial charge on any atom is -0.479 e. The van der Waals surface area contributed by atoms with Crippen LogP contribution in [-0.2, 0) is 20.5 Å². The normalized spacial score (nSPS) is 21.6. The van der Waals surface area contributed by atoms with Gasteiger partial charge >= 0.3 is 12.1 Å². The van der Waals surface area contributed by atoms with Gasteiger partial charge < -0.3 is 15.2 Å². The molecule has 0 unspecified atom stereocenters. The molecule has 1 amide bonds. The van der Waals surface area contributed by atoms with Crippen molar-refractivity contribution in [1.29, 1.82) is 0 Å². The van der Waals surface area contributed by atoms with E-state index >= 15 is 0 Å². The first-order valence-corrected chi connectivity index (χ1v) is 7.03. The summed E-state index contributed by atoms with van der Waals surface area (Å²) in [6.07, 6.45) is -6.23. The van der Waals surface area contributed by atoms with E-state index in [4.69, 9.17) is 9.84 Å². The largest absolute Gasteiger partial charge is 0.479 e. The van der Waals surface area contributed by atoms with Crippen molar-refractivity contribution < 1.29 is 32.6 Å². The highest BCUT2D eigenvalue weighted by Crippen LogP contribution is 2.36. The van der Waals surface area contributed by atoms with E-state index in [1.165, 1.54) is 12.1 Å². The van der Waals surface area contributed by atoms with Crippen LogP contribution in [0.15, 0.2) is 22.7 Å². The van der Waals surface area contributed by atoms with Crippen LogP contribution in [0.3, 0.4) is 0 Å². The molecule has 120 valence electrons. The Balaban J connectivity index is 2.08. The highest BCUT2D eigenvalue weighted by molar-refractivity contribution is 9.10. The van der Waals surface area contributed by atoms with Crippen LogP contribution in [0, 0.1) is 0 Å². The van der Waals surface area contributed by atoms with Crippen LogP contribution in [-0.4, -0.2) is 29.2 Å². The van der Waals surface area contributed by atoms with Gasteiger partial charge in [-0.2, -0.15) is 13.2 Å². The van der Waals surface area contributed by atoms with Gasteiger partial charge in [-0.15, -0.1) is 0 Å². The van der Waals surface area contributed by atoms with Crippen molar-refractivity contribution >= 4 is 33.5 Å². The fourth-order valence-electron chi connectivity index (χ4n) is 2.05. The van der Waals surface area contributed by atoms with Crippen molar-refractivity contribution in [3.05, 3.63) is 28.2 Å². The van der Waals surface area contributed by atoms with Gasteiger partial charge in [-0.25, -0.2) is 4.79 Å². The molecule has 1 aromatic carbocycles. The summed E-state index contributed by atoms with van der Waals surface area (Å²) in [6, 6.07) is 3.28. The molecule has 1 aliphatic heterocycles. The first-order valence-electron chi connectivity index (χ1n) is 6.24.